The van der Waals surface area contributed by atoms with Crippen LogP contribution in [0.5, 0.6) is 0 Å². The average molecular weight is 337 g/mol. The van der Waals surface area contributed by atoms with E-state index in [0.717, 1.165) is 11.5 Å². The monoisotopic (exact) mass is 337 g/mol. The first kappa shape index (κ1) is 15.4. The predicted octanol–water partition coefficient (Wildman–Crippen LogP) is 2.70. The summed E-state index contributed by atoms with van der Waals surface area (Å²) in [4.78, 5) is 18.8. The van der Waals surface area contributed by atoms with Crippen molar-refractivity contribution in [1.82, 2.24) is 24.6 Å². The van der Waals surface area contributed by atoms with E-state index in [4.69, 9.17) is 0 Å². The molecule has 0 spiro atoms. The first-order chi connectivity index (χ1) is 12.1. The summed E-state index contributed by atoms with van der Waals surface area (Å²) in [6.45, 7) is 3.04. The number of fused-ring (bicyclic) bond motifs is 1. The fraction of sp³-hybridized carbons (Fsp3) is 0.222. The molecule has 0 saturated heterocycles. The van der Waals surface area contributed by atoms with E-state index in [2.05, 4.69) is 15.2 Å². The van der Waals surface area contributed by atoms with Crippen LogP contribution in [-0.2, 0) is 6.54 Å². The lowest BCUT2D eigenvalue weighted by atomic mass is 10.1. The van der Waals surface area contributed by atoms with Gasteiger partial charge in [-0.25, -0.2) is 4.39 Å². The molecule has 1 atom stereocenters. The Kier molecular flexibility index (Phi) is 3.76. The largest absolute Gasteiger partial charge is 0.327 e. The van der Waals surface area contributed by atoms with Gasteiger partial charge in [0.25, 0.3) is 5.91 Å². The van der Waals surface area contributed by atoms with Crippen LogP contribution in [0, 0.1) is 5.82 Å². The smallest absolute Gasteiger partial charge is 0.254 e. The second-order valence-electron chi connectivity index (χ2n) is 5.93. The van der Waals surface area contributed by atoms with Crippen molar-refractivity contribution in [1.29, 1.82) is 0 Å². The molecule has 25 heavy (non-hydrogen) atoms. The molecule has 0 radical (unpaired) electrons. The molecule has 6 nitrogen and oxygen atoms in total. The molecular formula is C18H16FN5O. The molecular weight excluding hydrogens is 321 g/mol. The molecule has 0 saturated carbocycles. The first-order valence-electron chi connectivity index (χ1n) is 8.06. The number of carbonyl (C=O) groups excluding carboxylic acids is 1. The Balaban J connectivity index is 1.64. The molecule has 2 aromatic heterocycles. The highest BCUT2D eigenvalue weighted by Gasteiger charge is 2.32. The van der Waals surface area contributed by atoms with Crippen LogP contribution in [0.4, 0.5) is 4.39 Å². The Labute approximate surface area is 143 Å². The Morgan fingerprint density at radius 3 is 2.64 bits per heavy atom. The van der Waals surface area contributed by atoms with Crippen LogP contribution in [0.15, 0.2) is 48.7 Å². The average Bonchev–Trinajstić information content (AvgIpc) is 3.08. The molecule has 1 aliphatic heterocycles. The number of nitrogens with zero attached hydrogens (tertiary/aromatic N) is 5. The third kappa shape index (κ3) is 2.67. The molecule has 1 amide bonds. The summed E-state index contributed by atoms with van der Waals surface area (Å²) >= 11 is 0. The quantitative estimate of drug-likeness (QED) is 0.721. The zero-order valence-corrected chi connectivity index (χ0v) is 13.6. The molecule has 4 rings (SSSR count). The fourth-order valence-electron chi connectivity index (χ4n) is 3.11. The number of hydrogen-bond acceptors (Lipinski definition) is 4. The van der Waals surface area contributed by atoms with Crippen LogP contribution in [-0.4, -0.2) is 37.1 Å². The van der Waals surface area contributed by atoms with E-state index in [9.17, 15) is 9.18 Å². The maximum Gasteiger partial charge on any atom is 0.254 e. The predicted molar refractivity (Wildman–Crippen MR) is 89.1 cm³/mol. The molecule has 3 aromatic rings. The zero-order chi connectivity index (χ0) is 17.4. The Morgan fingerprint density at radius 1 is 1.12 bits per heavy atom. The Hall–Kier alpha value is -3.09. The second kappa shape index (κ2) is 6.08. The molecule has 1 aromatic carbocycles. The van der Waals surface area contributed by atoms with Crippen LogP contribution < -0.4 is 0 Å². The molecule has 126 valence electrons. The van der Waals surface area contributed by atoms with Gasteiger partial charge < -0.3 is 9.47 Å². The minimum atomic E-state index is -0.358. The summed E-state index contributed by atoms with van der Waals surface area (Å²) in [7, 11) is 0. The topological polar surface area (TPSA) is 63.9 Å². The van der Waals surface area contributed by atoms with Crippen molar-refractivity contribution in [3.05, 3.63) is 65.9 Å². The highest BCUT2D eigenvalue weighted by molar-refractivity contribution is 5.94. The van der Waals surface area contributed by atoms with Crippen LogP contribution in [0.2, 0.25) is 0 Å². The van der Waals surface area contributed by atoms with Crippen molar-refractivity contribution in [2.45, 2.75) is 19.5 Å². The fourth-order valence-corrected chi connectivity index (χ4v) is 3.11. The molecule has 3 heterocycles. The lowest BCUT2D eigenvalue weighted by Crippen LogP contribution is -2.41. The van der Waals surface area contributed by atoms with Gasteiger partial charge in [-0.1, -0.05) is 6.07 Å². The van der Waals surface area contributed by atoms with Crippen molar-refractivity contribution in [3.8, 4) is 11.5 Å². The summed E-state index contributed by atoms with van der Waals surface area (Å²) in [6.07, 6.45) is 1.72. The maximum atomic E-state index is 13.1. The third-order valence-corrected chi connectivity index (χ3v) is 4.43. The number of rotatable bonds is 2. The molecule has 0 aliphatic carbocycles. The normalized spacial score (nSPS) is 16.6. The van der Waals surface area contributed by atoms with E-state index in [1.807, 2.05) is 29.7 Å². The van der Waals surface area contributed by atoms with Crippen LogP contribution in [0.3, 0.4) is 0 Å². The van der Waals surface area contributed by atoms with E-state index >= 15 is 0 Å². The van der Waals surface area contributed by atoms with Gasteiger partial charge in [-0.2, -0.15) is 0 Å². The van der Waals surface area contributed by atoms with Crippen molar-refractivity contribution < 1.29 is 9.18 Å². The van der Waals surface area contributed by atoms with E-state index < -0.39 is 0 Å². The number of hydrogen-bond donors (Lipinski definition) is 0. The van der Waals surface area contributed by atoms with Gasteiger partial charge in [-0.05, 0) is 43.3 Å². The minimum Gasteiger partial charge on any atom is -0.327 e. The van der Waals surface area contributed by atoms with Gasteiger partial charge in [0.15, 0.2) is 11.6 Å². The summed E-state index contributed by atoms with van der Waals surface area (Å²) in [6, 6.07) is 11.0. The molecule has 1 aliphatic rings. The Morgan fingerprint density at radius 2 is 1.92 bits per heavy atom. The summed E-state index contributed by atoms with van der Waals surface area (Å²) < 4.78 is 15.1. The number of amides is 1. The van der Waals surface area contributed by atoms with Gasteiger partial charge in [0.05, 0.1) is 6.04 Å². The standard InChI is InChI=1S/C18H16FN5O/c1-12-16-21-22-17(15-4-2-3-9-20-15)24(16)11-10-23(12)18(25)13-5-7-14(19)8-6-13/h2-9,12H,10-11H2,1H3/t12-/m0/s1. The molecule has 0 fully saturated rings. The van der Waals surface area contributed by atoms with Crippen molar-refractivity contribution >= 4 is 5.91 Å². The second-order valence-corrected chi connectivity index (χ2v) is 5.93. The number of pyridine rings is 1. The van der Waals surface area contributed by atoms with Gasteiger partial charge in [-0.15, -0.1) is 10.2 Å². The molecule has 0 bridgehead atoms. The molecule has 0 unspecified atom stereocenters. The van der Waals surface area contributed by atoms with Crippen molar-refractivity contribution in [2.24, 2.45) is 0 Å². The summed E-state index contributed by atoms with van der Waals surface area (Å²) in [5.74, 6) is 0.933. The highest BCUT2D eigenvalue weighted by Crippen LogP contribution is 2.28. The van der Waals surface area contributed by atoms with E-state index in [1.54, 1.807) is 11.1 Å². The zero-order valence-electron chi connectivity index (χ0n) is 13.6. The minimum absolute atomic E-state index is 0.138. The van der Waals surface area contributed by atoms with Gasteiger partial charge in [0.2, 0.25) is 0 Å². The SMILES string of the molecule is C[C@H]1c2nnc(-c3ccccn3)n2CCN1C(=O)c1ccc(F)cc1. The third-order valence-electron chi connectivity index (χ3n) is 4.43. The van der Waals surface area contributed by atoms with E-state index in [1.165, 1.54) is 24.3 Å². The number of carbonyl (C=O) groups is 1. The Bertz CT molecular complexity index is 907. The van der Waals surface area contributed by atoms with E-state index in [-0.39, 0.29) is 17.8 Å². The molecule has 0 N–H and O–H groups in total. The molecule has 7 heteroatoms. The van der Waals surface area contributed by atoms with Gasteiger partial charge >= 0.3 is 0 Å². The van der Waals surface area contributed by atoms with Crippen LogP contribution in [0.1, 0.15) is 29.1 Å². The first-order valence-corrected chi connectivity index (χ1v) is 8.06. The highest BCUT2D eigenvalue weighted by atomic mass is 19.1. The number of benzene rings is 1. The van der Waals surface area contributed by atoms with Crippen LogP contribution >= 0.6 is 0 Å². The maximum absolute atomic E-state index is 13.1. The van der Waals surface area contributed by atoms with Gasteiger partial charge in [0.1, 0.15) is 11.5 Å². The van der Waals surface area contributed by atoms with E-state index in [0.29, 0.717) is 24.5 Å². The number of aromatic nitrogens is 4. The van der Waals surface area contributed by atoms with Gasteiger partial charge in [0, 0.05) is 24.8 Å². The van der Waals surface area contributed by atoms with Crippen molar-refractivity contribution in [2.75, 3.05) is 6.54 Å². The van der Waals surface area contributed by atoms with Crippen LogP contribution in [0.25, 0.3) is 11.5 Å². The lowest BCUT2D eigenvalue weighted by molar-refractivity contribution is 0.0638. The number of halogens is 1. The van der Waals surface area contributed by atoms with Gasteiger partial charge in [-0.3, -0.25) is 9.78 Å². The summed E-state index contributed by atoms with van der Waals surface area (Å²) in [5.41, 5.74) is 1.22. The summed E-state index contributed by atoms with van der Waals surface area (Å²) in [5, 5.41) is 8.53. The van der Waals surface area contributed by atoms with Crippen molar-refractivity contribution in [3.63, 3.8) is 0 Å². The lowest BCUT2D eigenvalue weighted by Gasteiger charge is -2.33.